The first-order chi connectivity index (χ1) is 2.00. The van der Waals surface area contributed by atoms with Crippen molar-refractivity contribution in [1.29, 1.82) is 0 Å². The summed E-state index contributed by atoms with van der Waals surface area (Å²) in [6, 6.07) is 0. The number of rotatable bonds is 0. The Morgan fingerprint density at radius 1 is 1.14 bits per heavy atom. The van der Waals surface area contributed by atoms with Crippen molar-refractivity contribution in [3.8, 4) is 0 Å². The molecule has 7 heteroatoms. The van der Waals surface area contributed by atoms with Gasteiger partial charge in [-0.05, 0) is 0 Å². The van der Waals surface area contributed by atoms with E-state index in [1.54, 1.807) is 0 Å². The van der Waals surface area contributed by atoms with Crippen molar-refractivity contribution in [2.24, 2.45) is 0 Å². The SMILES string of the molecule is [Li+].[O-][Si](O)(O)O.[Sc]. The van der Waals surface area contributed by atoms with Gasteiger partial charge in [-0.2, -0.15) is 0 Å². The van der Waals surface area contributed by atoms with Gasteiger partial charge in [0.15, 0.2) is 0 Å². The van der Waals surface area contributed by atoms with Gasteiger partial charge in [-0.25, -0.2) is 0 Å². The number of hydrogen-bond acceptors (Lipinski definition) is 4. The molecule has 7 heavy (non-hydrogen) atoms. The molecule has 0 fully saturated rings. The van der Waals surface area contributed by atoms with Crippen LogP contribution < -0.4 is 23.7 Å². The van der Waals surface area contributed by atoms with Crippen molar-refractivity contribution in [1.82, 2.24) is 0 Å². The van der Waals surface area contributed by atoms with Gasteiger partial charge in [0.05, 0.1) is 0 Å². The fraction of sp³-hybridized carbons (Fsp3) is 0. The number of hydrogen-bond donors (Lipinski definition) is 3. The zero-order valence-corrected chi connectivity index (χ0v) is 6.63. The maximum Gasteiger partial charge on any atom is 1.00 e. The Morgan fingerprint density at radius 3 is 1.14 bits per heavy atom. The van der Waals surface area contributed by atoms with Gasteiger partial charge in [-0.15, -0.1) is 0 Å². The van der Waals surface area contributed by atoms with E-state index < -0.39 is 9.05 Å². The topological polar surface area (TPSA) is 83.8 Å². The van der Waals surface area contributed by atoms with Crippen molar-refractivity contribution < 1.29 is 63.9 Å². The third kappa shape index (κ3) is 98.8. The molecule has 0 saturated carbocycles. The summed E-state index contributed by atoms with van der Waals surface area (Å²) in [6.45, 7) is 0. The summed E-state index contributed by atoms with van der Waals surface area (Å²) in [7, 11) is -4.86. The molecule has 0 amide bonds. The standard InChI is InChI=1S/Li.H3O4Si.Sc/c;1-5(2,3)4;/h;1-3H;/q+1;-1;. The maximum atomic E-state index is 8.91. The fourth-order valence-electron chi connectivity index (χ4n) is 0. The average molecular weight is 147 g/mol. The first-order valence-electron chi connectivity index (χ1n) is 0.875. The molecule has 0 atom stereocenters. The second kappa shape index (κ2) is 5.66. The Hall–Kier alpha value is 1.52. The van der Waals surface area contributed by atoms with E-state index in [9.17, 15) is 0 Å². The largest absolute Gasteiger partial charge is 1.00 e. The van der Waals surface area contributed by atoms with E-state index in [-0.39, 0.29) is 44.7 Å². The predicted molar refractivity (Wildman–Crippen MR) is 12.4 cm³/mol. The second-order valence-electron chi connectivity index (χ2n) is 0.574. The molecule has 0 spiro atoms. The van der Waals surface area contributed by atoms with Crippen molar-refractivity contribution in [2.45, 2.75) is 0 Å². The van der Waals surface area contributed by atoms with E-state index in [0.717, 1.165) is 0 Å². The molecule has 3 N–H and O–H groups in total. The van der Waals surface area contributed by atoms with Gasteiger partial charge in [0.1, 0.15) is 0 Å². The van der Waals surface area contributed by atoms with E-state index in [0.29, 0.717) is 0 Å². The van der Waals surface area contributed by atoms with Crippen LogP contribution in [-0.2, 0) is 25.8 Å². The Bertz CT molecular complexity index is 27.2. The van der Waals surface area contributed by atoms with Crippen LogP contribution in [0.2, 0.25) is 0 Å². The zero-order chi connectivity index (χ0) is 4.50. The van der Waals surface area contributed by atoms with Crippen LogP contribution in [0, 0.1) is 0 Å². The van der Waals surface area contributed by atoms with E-state index in [4.69, 9.17) is 19.2 Å². The Kier molecular flexibility index (Phi) is 12.8. The van der Waals surface area contributed by atoms with Crippen LogP contribution >= 0.6 is 0 Å². The smallest absolute Gasteiger partial charge is 0.794 e. The monoisotopic (exact) mass is 147 g/mol. The molecule has 0 aromatic heterocycles. The minimum atomic E-state index is -4.86. The Labute approximate surface area is 72.6 Å². The summed E-state index contributed by atoms with van der Waals surface area (Å²) >= 11 is 0. The average Bonchev–Trinajstić information content (AvgIpc) is 0.722. The molecule has 35 valence electrons. The van der Waals surface area contributed by atoms with Gasteiger partial charge in [0, 0.05) is 25.8 Å². The summed E-state index contributed by atoms with van der Waals surface area (Å²) in [5.74, 6) is 0. The van der Waals surface area contributed by atoms with E-state index >= 15 is 0 Å². The van der Waals surface area contributed by atoms with Crippen LogP contribution in [0.1, 0.15) is 0 Å². The molecule has 4 nitrogen and oxygen atoms in total. The Balaban J connectivity index is -0.0000000800. The van der Waals surface area contributed by atoms with Crippen LogP contribution in [-0.4, -0.2) is 23.4 Å². The summed E-state index contributed by atoms with van der Waals surface area (Å²) in [5.41, 5.74) is 0. The molecule has 0 bridgehead atoms. The van der Waals surface area contributed by atoms with Gasteiger partial charge in [-0.1, -0.05) is 0 Å². The van der Waals surface area contributed by atoms with Crippen LogP contribution in [0.25, 0.3) is 0 Å². The van der Waals surface area contributed by atoms with Crippen molar-refractivity contribution in [2.75, 3.05) is 0 Å². The molecular weight excluding hydrogens is 144 g/mol. The van der Waals surface area contributed by atoms with Crippen LogP contribution in [0.4, 0.5) is 0 Å². The molecule has 1 radical (unpaired) electrons. The normalized spacial score (nSPS) is 8.57. The van der Waals surface area contributed by atoms with Gasteiger partial charge >= 0.3 is 27.9 Å². The molecule has 0 unspecified atom stereocenters. The minimum Gasteiger partial charge on any atom is -0.794 e. The maximum absolute atomic E-state index is 8.91. The second-order valence-corrected chi connectivity index (χ2v) is 1.72. The summed E-state index contributed by atoms with van der Waals surface area (Å²) in [4.78, 5) is 30.6. The van der Waals surface area contributed by atoms with Crippen LogP contribution in [0.15, 0.2) is 0 Å². The minimum absolute atomic E-state index is 0. The quantitative estimate of drug-likeness (QED) is 0.297. The van der Waals surface area contributed by atoms with E-state index in [2.05, 4.69) is 0 Å². The molecule has 0 aliphatic heterocycles. The molecule has 0 saturated heterocycles. The summed E-state index contributed by atoms with van der Waals surface area (Å²) in [6.07, 6.45) is 0. The molecule has 0 rings (SSSR count). The van der Waals surface area contributed by atoms with Gasteiger partial charge in [0.2, 0.25) is 0 Å². The molecule has 0 aliphatic rings. The van der Waals surface area contributed by atoms with Gasteiger partial charge in [0.25, 0.3) is 0 Å². The van der Waals surface area contributed by atoms with E-state index in [1.807, 2.05) is 0 Å². The summed E-state index contributed by atoms with van der Waals surface area (Å²) in [5, 5.41) is 0. The zero-order valence-electron chi connectivity index (χ0n) is 3.83. The van der Waals surface area contributed by atoms with Crippen LogP contribution in [0.3, 0.4) is 0 Å². The van der Waals surface area contributed by atoms with Crippen molar-refractivity contribution >= 4 is 9.05 Å². The predicted octanol–water partition coefficient (Wildman–Crippen LogP) is -6.24. The first-order valence-corrected chi connectivity index (χ1v) is 2.62. The third-order valence-electron chi connectivity index (χ3n) is 0. The fourth-order valence-corrected chi connectivity index (χ4v) is 0. The molecule has 0 heterocycles. The van der Waals surface area contributed by atoms with Crippen LogP contribution in [0.5, 0.6) is 0 Å². The molecule has 0 aromatic carbocycles. The molecule has 0 aromatic rings. The van der Waals surface area contributed by atoms with Gasteiger partial charge < -0.3 is 19.2 Å². The summed E-state index contributed by atoms with van der Waals surface area (Å²) < 4.78 is 0. The third-order valence-corrected chi connectivity index (χ3v) is 0. The first kappa shape index (κ1) is 15.8. The van der Waals surface area contributed by atoms with Crippen molar-refractivity contribution in [3.05, 3.63) is 0 Å². The molecule has 0 aliphatic carbocycles. The van der Waals surface area contributed by atoms with E-state index in [1.165, 1.54) is 0 Å². The van der Waals surface area contributed by atoms with Gasteiger partial charge in [-0.3, -0.25) is 0 Å². The Morgan fingerprint density at radius 2 is 1.14 bits per heavy atom. The molecular formula is H3LiO4ScSi. The van der Waals surface area contributed by atoms with Crippen molar-refractivity contribution in [3.63, 3.8) is 0 Å².